The molecule has 0 aliphatic carbocycles. The summed E-state index contributed by atoms with van der Waals surface area (Å²) in [6.45, 7) is 1.84. The lowest BCUT2D eigenvalue weighted by Gasteiger charge is -2.49. The minimum atomic E-state index is -1.19. The van der Waals surface area contributed by atoms with Crippen LogP contribution in [-0.2, 0) is 19.2 Å². The van der Waals surface area contributed by atoms with Crippen molar-refractivity contribution in [3.05, 3.63) is 27.4 Å². The second-order valence-corrected chi connectivity index (χ2v) is 11.1. The molecule has 2 aromatic rings. The molecular formula is C17H17N7O5S4. The third-order valence-electron chi connectivity index (χ3n) is 4.58. The largest absolute Gasteiger partial charge is 0.477 e. The Bertz CT molecular complexity index is 1180. The average Bonchev–Trinajstić information content (AvgIpc) is 3.40. The maximum atomic E-state index is 12.9. The fourth-order valence-corrected chi connectivity index (χ4v) is 7.03. The molecule has 4 rings (SSSR count). The number of hydrogen-bond donors (Lipinski definition) is 3. The smallest absolute Gasteiger partial charge is 0.352 e. The van der Waals surface area contributed by atoms with Crippen LogP contribution in [0.3, 0.4) is 0 Å². The first-order valence-corrected chi connectivity index (χ1v) is 13.0. The van der Waals surface area contributed by atoms with Crippen LogP contribution in [-0.4, -0.2) is 78.7 Å². The lowest BCUT2D eigenvalue weighted by atomic mass is 10.0. The SMILES string of the molecule is CO/N=C(/C(=O)N[C@@H]1C(=O)N2C(C(=O)O)=C(CSc3nnc(C)s3)CS[C@H]12)c1csc(N)n1. The quantitative estimate of drug-likeness (QED) is 0.191. The number of carbonyl (C=O) groups excluding carboxylic acids is 2. The molecule has 0 bridgehead atoms. The summed E-state index contributed by atoms with van der Waals surface area (Å²) in [6, 6.07) is -0.907. The second-order valence-electron chi connectivity index (χ2n) is 6.69. The molecule has 0 radical (unpaired) electrons. The Hall–Kier alpha value is -2.69. The number of aromatic nitrogens is 3. The number of hydrogen-bond acceptors (Lipinski definition) is 13. The summed E-state index contributed by atoms with van der Waals surface area (Å²) in [5.41, 5.74) is 6.27. The monoisotopic (exact) mass is 527 g/mol. The predicted octanol–water partition coefficient (Wildman–Crippen LogP) is 0.767. The normalized spacial score (nSPS) is 20.4. The van der Waals surface area contributed by atoms with Gasteiger partial charge < -0.3 is 21.0 Å². The minimum Gasteiger partial charge on any atom is -0.477 e. The zero-order valence-electron chi connectivity index (χ0n) is 17.2. The molecule has 1 fully saturated rings. The third-order valence-corrected chi connectivity index (χ3v) is 8.65. The predicted molar refractivity (Wildman–Crippen MR) is 125 cm³/mol. The molecule has 2 aromatic heterocycles. The van der Waals surface area contributed by atoms with Gasteiger partial charge in [-0.15, -0.1) is 33.3 Å². The van der Waals surface area contributed by atoms with Gasteiger partial charge in [0.1, 0.15) is 34.9 Å². The number of rotatable bonds is 8. The van der Waals surface area contributed by atoms with Crippen molar-refractivity contribution in [2.45, 2.75) is 22.7 Å². The number of anilines is 1. The van der Waals surface area contributed by atoms with Crippen LogP contribution in [0.5, 0.6) is 0 Å². The van der Waals surface area contributed by atoms with Crippen molar-refractivity contribution >= 4 is 74.8 Å². The summed E-state index contributed by atoms with van der Waals surface area (Å²) in [5, 5.41) is 26.2. The van der Waals surface area contributed by atoms with Crippen molar-refractivity contribution in [2.24, 2.45) is 5.16 Å². The van der Waals surface area contributed by atoms with Crippen molar-refractivity contribution in [3.8, 4) is 0 Å². The standard InChI is InChI=1S/C17H17N7O5S4/c1-6-21-22-17(33-6)32-4-7-3-30-14-10(13(26)24(14)11(7)15(27)28)20-12(25)9(23-29-2)8-5-31-16(18)19-8/h5,10,14H,3-4H2,1-2H3,(H2,18,19)(H,20,25)(H,27,28)/b23-9+/t10-,14-/m1/s1. The molecule has 2 aliphatic rings. The molecule has 1 saturated heterocycles. The van der Waals surface area contributed by atoms with E-state index in [1.165, 1.54) is 46.9 Å². The first kappa shape index (κ1) is 23.5. The van der Waals surface area contributed by atoms with Crippen LogP contribution in [0, 0.1) is 6.92 Å². The van der Waals surface area contributed by atoms with E-state index < -0.39 is 29.2 Å². The summed E-state index contributed by atoms with van der Waals surface area (Å²) in [4.78, 5) is 47.6. The molecule has 4 heterocycles. The number of fused-ring (bicyclic) bond motifs is 1. The maximum Gasteiger partial charge on any atom is 0.352 e. The Morgan fingerprint density at radius 3 is 2.85 bits per heavy atom. The van der Waals surface area contributed by atoms with Gasteiger partial charge >= 0.3 is 5.97 Å². The molecule has 0 spiro atoms. The third kappa shape index (κ3) is 4.68. The zero-order chi connectivity index (χ0) is 23.7. The maximum absolute atomic E-state index is 12.9. The number of nitrogens with one attached hydrogen (secondary N) is 1. The highest BCUT2D eigenvalue weighted by atomic mass is 32.2. The lowest BCUT2D eigenvalue weighted by Crippen LogP contribution is -2.71. The van der Waals surface area contributed by atoms with Crippen LogP contribution in [0.2, 0.25) is 0 Å². The fourth-order valence-electron chi connectivity index (χ4n) is 3.18. The van der Waals surface area contributed by atoms with Gasteiger partial charge in [-0.05, 0) is 12.5 Å². The van der Waals surface area contributed by atoms with Gasteiger partial charge in [-0.2, -0.15) is 0 Å². The molecule has 2 amide bonds. The molecule has 2 aliphatic heterocycles. The topological polar surface area (TPSA) is 173 Å². The highest BCUT2D eigenvalue weighted by Crippen LogP contribution is 2.41. The van der Waals surface area contributed by atoms with Gasteiger partial charge in [-0.3, -0.25) is 14.5 Å². The molecular weight excluding hydrogens is 510 g/mol. The van der Waals surface area contributed by atoms with Crippen molar-refractivity contribution in [3.63, 3.8) is 0 Å². The summed E-state index contributed by atoms with van der Waals surface area (Å²) in [6.07, 6.45) is 0. The van der Waals surface area contributed by atoms with Crippen LogP contribution in [0.15, 0.2) is 26.1 Å². The van der Waals surface area contributed by atoms with E-state index in [2.05, 4.69) is 25.7 Å². The average molecular weight is 528 g/mol. The van der Waals surface area contributed by atoms with E-state index in [1.807, 2.05) is 6.92 Å². The van der Waals surface area contributed by atoms with Gasteiger partial charge in [0, 0.05) is 16.9 Å². The van der Waals surface area contributed by atoms with Gasteiger partial charge in [-0.25, -0.2) is 9.78 Å². The number of nitrogens with two attached hydrogens (primary N) is 1. The summed E-state index contributed by atoms with van der Waals surface area (Å²) in [7, 11) is 1.28. The van der Waals surface area contributed by atoms with Crippen LogP contribution < -0.4 is 11.1 Å². The Labute approximate surface area is 203 Å². The van der Waals surface area contributed by atoms with Crippen molar-refractivity contribution in [2.75, 3.05) is 24.3 Å². The zero-order valence-corrected chi connectivity index (χ0v) is 20.4. The second kappa shape index (κ2) is 9.66. The molecule has 33 heavy (non-hydrogen) atoms. The van der Waals surface area contributed by atoms with Crippen LogP contribution in [0.25, 0.3) is 0 Å². The number of carbonyl (C=O) groups is 3. The van der Waals surface area contributed by atoms with Crippen LogP contribution in [0.4, 0.5) is 5.13 Å². The van der Waals surface area contributed by atoms with Crippen molar-refractivity contribution in [1.29, 1.82) is 0 Å². The number of carboxylic acid groups (broad SMARTS) is 1. The van der Waals surface area contributed by atoms with E-state index in [-0.39, 0.29) is 22.2 Å². The first-order chi connectivity index (χ1) is 15.8. The van der Waals surface area contributed by atoms with E-state index in [1.54, 1.807) is 5.38 Å². The van der Waals surface area contributed by atoms with Gasteiger partial charge in [0.05, 0.1) is 0 Å². The molecule has 0 aromatic carbocycles. The van der Waals surface area contributed by atoms with E-state index in [4.69, 9.17) is 10.6 Å². The summed E-state index contributed by atoms with van der Waals surface area (Å²) < 4.78 is 0.726. The Balaban J connectivity index is 1.49. The van der Waals surface area contributed by atoms with Gasteiger partial charge in [0.2, 0.25) is 0 Å². The molecule has 4 N–H and O–H groups in total. The Morgan fingerprint density at radius 2 is 2.24 bits per heavy atom. The number of amides is 2. The number of aryl methyl sites for hydroxylation is 1. The molecule has 0 unspecified atom stereocenters. The molecule has 16 heteroatoms. The van der Waals surface area contributed by atoms with E-state index >= 15 is 0 Å². The highest BCUT2D eigenvalue weighted by Gasteiger charge is 2.54. The number of thioether (sulfide) groups is 2. The molecule has 0 saturated carbocycles. The highest BCUT2D eigenvalue weighted by molar-refractivity contribution is 8.01. The van der Waals surface area contributed by atoms with Gasteiger partial charge in [-0.1, -0.05) is 28.3 Å². The van der Waals surface area contributed by atoms with Crippen LogP contribution in [0.1, 0.15) is 10.7 Å². The summed E-state index contributed by atoms with van der Waals surface area (Å²) >= 11 is 5.30. The van der Waals surface area contributed by atoms with E-state index in [0.717, 1.165) is 20.7 Å². The number of nitrogens with zero attached hydrogens (tertiary/aromatic N) is 5. The number of oxime groups is 1. The number of aliphatic carboxylic acids is 1. The molecule has 12 nitrogen and oxygen atoms in total. The minimum absolute atomic E-state index is 0.0546. The lowest BCUT2D eigenvalue weighted by molar-refractivity contribution is -0.150. The van der Waals surface area contributed by atoms with Crippen LogP contribution >= 0.6 is 46.2 Å². The first-order valence-electron chi connectivity index (χ1n) is 9.26. The van der Waals surface area contributed by atoms with E-state index in [0.29, 0.717) is 17.1 Å². The number of carboxylic acids is 1. The van der Waals surface area contributed by atoms with Gasteiger partial charge in [0.25, 0.3) is 11.8 Å². The molecule has 174 valence electrons. The van der Waals surface area contributed by atoms with E-state index in [9.17, 15) is 19.5 Å². The number of thiazole rings is 1. The molecule has 2 atom stereocenters. The summed E-state index contributed by atoms with van der Waals surface area (Å²) in [5.74, 6) is -1.61. The number of nitrogen functional groups attached to an aromatic ring is 1. The fraction of sp³-hybridized carbons (Fsp3) is 0.353. The number of β-lactam (4-membered cyclic amide) rings is 1. The van der Waals surface area contributed by atoms with Crippen molar-refractivity contribution < 1.29 is 24.3 Å². The van der Waals surface area contributed by atoms with Gasteiger partial charge in [0.15, 0.2) is 15.2 Å². The van der Waals surface area contributed by atoms with Crippen molar-refractivity contribution in [1.82, 2.24) is 25.4 Å². The Kier molecular flexibility index (Phi) is 6.87. The Morgan fingerprint density at radius 1 is 1.45 bits per heavy atom.